The first kappa shape index (κ1) is 14.3. The Labute approximate surface area is 118 Å². The second kappa shape index (κ2) is 5.92. The SMILES string of the molecule is Cc1nn(C)c(C)c1NC(=O)CN(C)Cc1ccco1. The summed E-state index contributed by atoms with van der Waals surface area (Å²) in [4.78, 5) is 13.9. The van der Waals surface area contributed by atoms with Crippen molar-refractivity contribution in [3.63, 3.8) is 0 Å². The first-order chi connectivity index (χ1) is 9.47. The van der Waals surface area contributed by atoms with Crippen molar-refractivity contribution >= 4 is 11.6 Å². The number of hydrogen-bond donors (Lipinski definition) is 1. The molecule has 6 nitrogen and oxygen atoms in total. The molecule has 0 bridgehead atoms. The number of hydrogen-bond acceptors (Lipinski definition) is 4. The number of anilines is 1. The van der Waals surface area contributed by atoms with Crippen LogP contribution in [-0.4, -0.2) is 34.2 Å². The van der Waals surface area contributed by atoms with Gasteiger partial charge in [-0.2, -0.15) is 5.10 Å². The molecule has 0 spiro atoms. The summed E-state index contributed by atoms with van der Waals surface area (Å²) in [5.74, 6) is 0.785. The van der Waals surface area contributed by atoms with Crippen molar-refractivity contribution in [2.75, 3.05) is 18.9 Å². The monoisotopic (exact) mass is 276 g/mol. The number of aromatic nitrogens is 2. The van der Waals surface area contributed by atoms with Crippen molar-refractivity contribution in [1.29, 1.82) is 0 Å². The summed E-state index contributed by atoms with van der Waals surface area (Å²) in [6.07, 6.45) is 1.63. The molecule has 2 aromatic heterocycles. The van der Waals surface area contributed by atoms with Gasteiger partial charge in [-0.15, -0.1) is 0 Å². The summed E-state index contributed by atoms with van der Waals surface area (Å²) in [5.41, 5.74) is 2.57. The minimum absolute atomic E-state index is 0.0572. The van der Waals surface area contributed by atoms with Crippen molar-refractivity contribution < 1.29 is 9.21 Å². The molecule has 2 aromatic rings. The summed E-state index contributed by atoms with van der Waals surface area (Å²) < 4.78 is 7.02. The quantitative estimate of drug-likeness (QED) is 0.903. The molecule has 2 rings (SSSR count). The molecule has 20 heavy (non-hydrogen) atoms. The first-order valence-corrected chi connectivity index (χ1v) is 6.48. The van der Waals surface area contributed by atoms with Gasteiger partial charge in [0, 0.05) is 7.05 Å². The van der Waals surface area contributed by atoms with E-state index in [1.807, 2.05) is 45.0 Å². The third-order valence-electron chi connectivity index (χ3n) is 3.19. The molecule has 0 aromatic carbocycles. The Kier molecular flexibility index (Phi) is 4.24. The zero-order chi connectivity index (χ0) is 14.7. The van der Waals surface area contributed by atoms with Crippen LogP contribution in [0.15, 0.2) is 22.8 Å². The van der Waals surface area contributed by atoms with Crippen molar-refractivity contribution in [3.8, 4) is 0 Å². The van der Waals surface area contributed by atoms with Crippen LogP contribution in [0.2, 0.25) is 0 Å². The van der Waals surface area contributed by atoms with E-state index in [4.69, 9.17) is 4.42 Å². The summed E-state index contributed by atoms with van der Waals surface area (Å²) in [7, 11) is 3.74. The van der Waals surface area contributed by atoms with E-state index >= 15 is 0 Å². The molecule has 0 aliphatic carbocycles. The van der Waals surface area contributed by atoms with Gasteiger partial charge in [-0.1, -0.05) is 0 Å². The summed E-state index contributed by atoms with van der Waals surface area (Å²) >= 11 is 0. The van der Waals surface area contributed by atoms with Gasteiger partial charge in [-0.3, -0.25) is 14.4 Å². The van der Waals surface area contributed by atoms with E-state index in [1.54, 1.807) is 10.9 Å². The highest BCUT2D eigenvalue weighted by Crippen LogP contribution is 2.18. The Hall–Kier alpha value is -2.08. The maximum atomic E-state index is 12.0. The zero-order valence-electron chi connectivity index (χ0n) is 12.3. The van der Waals surface area contributed by atoms with E-state index in [9.17, 15) is 4.79 Å². The van der Waals surface area contributed by atoms with Crippen LogP contribution in [0.4, 0.5) is 5.69 Å². The number of nitrogens with zero attached hydrogens (tertiary/aromatic N) is 3. The van der Waals surface area contributed by atoms with Gasteiger partial charge in [0.2, 0.25) is 5.91 Å². The average molecular weight is 276 g/mol. The van der Waals surface area contributed by atoms with E-state index in [0.717, 1.165) is 22.8 Å². The van der Waals surface area contributed by atoms with Crippen LogP contribution in [0.5, 0.6) is 0 Å². The molecule has 0 saturated heterocycles. The third kappa shape index (κ3) is 3.27. The number of carbonyl (C=O) groups excluding carboxylic acids is 1. The second-order valence-electron chi connectivity index (χ2n) is 4.97. The molecular weight excluding hydrogens is 256 g/mol. The zero-order valence-corrected chi connectivity index (χ0v) is 12.3. The topological polar surface area (TPSA) is 63.3 Å². The molecule has 0 saturated carbocycles. The number of carbonyl (C=O) groups is 1. The highest BCUT2D eigenvalue weighted by molar-refractivity contribution is 5.93. The van der Waals surface area contributed by atoms with Gasteiger partial charge in [-0.25, -0.2) is 0 Å². The Morgan fingerprint density at radius 2 is 2.25 bits per heavy atom. The highest BCUT2D eigenvalue weighted by atomic mass is 16.3. The Morgan fingerprint density at radius 3 is 2.80 bits per heavy atom. The number of nitrogens with one attached hydrogen (secondary N) is 1. The normalized spacial score (nSPS) is 11.1. The molecule has 2 heterocycles. The van der Waals surface area contributed by atoms with Crippen molar-refractivity contribution in [3.05, 3.63) is 35.5 Å². The molecule has 0 fully saturated rings. The van der Waals surface area contributed by atoms with E-state index in [-0.39, 0.29) is 5.91 Å². The average Bonchev–Trinajstić information content (AvgIpc) is 2.94. The maximum absolute atomic E-state index is 12.0. The molecular formula is C14H20N4O2. The number of likely N-dealkylation sites (N-methyl/N-ethyl adjacent to an activating group) is 1. The van der Waals surface area contributed by atoms with Crippen LogP contribution >= 0.6 is 0 Å². The van der Waals surface area contributed by atoms with Crippen molar-refractivity contribution in [2.24, 2.45) is 7.05 Å². The van der Waals surface area contributed by atoms with Gasteiger partial charge in [0.1, 0.15) is 5.76 Å². The highest BCUT2D eigenvalue weighted by Gasteiger charge is 2.14. The van der Waals surface area contributed by atoms with Crippen molar-refractivity contribution in [1.82, 2.24) is 14.7 Å². The van der Waals surface area contributed by atoms with Gasteiger partial charge < -0.3 is 9.73 Å². The van der Waals surface area contributed by atoms with Crippen LogP contribution in [0.3, 0.4) is 0 Å². The van der Waals surface area contributed by atoms with Crippen LogP contribution in [0.1, 0.15) is 17.1 Å². The maximum Gasteiger partial charge on any atom is 0.238 e. The van der Waals surface area contributed by atoms with E-state index in [1.165, 1.54) is 0 Å². The minimum atomic E-state index is -0.0572. The number of amides is 1. The number of aryl methyl sites for hydroxylation is 2. The standard InChI is InChI=1S/C14H20N4O2/c1-10-14(11(2)18(4)16-10)15-13(19)9-17(3)8-12-6-5-7-20-12/h5-7H,8-9H2,1-4H3,(H,15,19). The number of rotatable bonds is 5. The molecule has 1 N–H and O–H groups in total. The lowest BCUT2D eigenvalue weighted by molar-refractivity contribution is -0.117. The molecule has 1 amide bonds. The minimum Gasteiger partial charge on any atom is -0.468 e. The lowest BCUT2D eigenvalue weighted by atomic mass is 10.3. The van der Waals surface area contributed by atoms with Crippen LogP contribution < -0.4 is 5.32 Å². The second-order valence-corrected chi connectivity index (χ2v) is 4.97. The Morgan fingerprint density at radius 1 is 1.50 bits per heavy atom. The van der Waals surface area contributed by atoms with Crippen LogP contribution in [0.25, 0.3) is 0 Å². The van der Waals surface area contributed by atoms with E-state index < -0.39 is 0 Å². The van der Waals surface area contributed by atoms with E-state index in [2.05, 4.69) is 10.4 Å². The lowest BCUT2D eigenvalue weighted by Crippen LogP contribution is -2.30. The summed E-state index contributed by atoms with van der Waals surface area (Å²) in [6, 6.07) is 3.73. The van der Waals surface area contributed by atoms with E-state index in [0.29, 0.717) is 13.1 Å². The molecule has 0 aliphatic heterocycles. The van der Waals surface area contributed by atoms with Gasteiger partial charge in [0.15, 0.2) is 0 Å². The fourth-order valence-corrected chi connectivity index (χ4v) is 2.10. The Balaban J connectivity index is 1.92. The lowest BCUT2D eigenvalue weighted by Gasteiger charge is -2.14. The van der Waals surface area contributed by atoms with Gasteiger partial charge in [0.05, 0.1) is 36.4 Å². The first-order valence-electron chi connectivity index (χ1n) is 6.48. The Bertz CT molecular complexity index is 587. The predicted molar refractivity (Wildman–Crippen MR) is 76.4 cm³/mol. The summed E-state index contributed by atoms with van der Waals surface area (Å²) in [6.45, 7) is 4.72. The molecule has 0 unspecified atom stereocenters. The predicted octanol–water partition coefficient (Wildman–Crippen LogP) is 1.70. The fourth-order valence-electron chi connectivity index (χ4n) is 2.10. The fraction of sp³-hybridized carbons (Fsp3) is 0.429. The largest absolute Gasteiger partial charge is 0.468 e. The smallest absolute Gasteiger partial charge is 0.238 e. The molecule has 6 heteroatoms. The molecule has 0 aliphatic rings. The molecule has 0 radical (unpaired) electrons. The van der Waals surface area contributed by atoms with Crippen molar-refractivity contribution in [2.45, 2.75) is 20.4 Å². The van der Waals surface area contributed by atoms with Crippen LogP contribution in [-0.2, 0) is 18.4 Å². The van der Waals surface area contributed by atoms with Gasteiger partial charge in [0.25, 0.3) is 0 Å². The number of furan rings is 1. The molecule has 108 valence electrons. The molecule has 0 atom stereocenters. The van der Waals surface area contributed by atoms with Gasteiger partial charge in [-0.05, 0) is 33.0 Å². The van der Waals surface area contributed by atoms with Gasteiger partial charge >= 0.3 is 0 Å². The summed E-state index contributed by atoms with van der Waals surface area (Å²) in [5, 5.41) is 7.19. The third-order valence-corrected chi connectivity index (χ3v) is 3.19. The van der Waals surface area contributed by atoms with Crippen LogP contribution in [0, 0.1) is 13.8 Å².